The molecule has 5 nitrogen and oxygen atoms in total. The highest BCUT2D eigenvalue weighted by Gasteiger charge is 2.06. The zero-order valence-electron chi connectivity index (χ0n) is 9.01. The third-order valence-electron chi connectivity index (χ3n) is 2.31. The summed E-state index contributed by atoms with van der Waals surface area (Å²) in [5.74, 6) is 0.0852. The Labute approximate surface area is 98.3 Å². The highest BCUT2D eigenvalue weighted by molar-refractivity contribution is 5.74. The highest BCUT2D eigenvalue weighted by Crippen LogP contribution is 2.33. The lowest BCUT2D eigenvalue weighted by Crippen LogP contribution is -1.95. The van der Waals surface area contributed by atoms with E-state index in [0.717, 1.165) is 0 Å². The van der Waals surface area contributed by atoms with Crippen LogP contribution in [0.15, 0.2) is 36.4 Å². The molecule has 2 rings (SSSR count). The molecule has 0 amide bonds. The topological polar surface area (TPSA) is 105 Å². The minimum Gasteiger partial charge on any atom is -0.506 e. The van der Waals surface area contributed by atoms with E-state index < -0.39 is 0 Å². The molecular formula is C12H13N3O2. The number of hydrogen-bond donors (Lipinski definition) is 5. The van der Waals surface area contributed by atoms with Gasteiger partial charge in [-0.1, -0.05) is 0 Å². The fourth-order valence-electron chi connectivity index (χ4n) is 1.45. The molecule has 2 aromatic carbocycles. The predicted octanol–water partition coefficient (Wildman–Crippen LogP) is 2.01. The van der Waals surface area contributed by atoms with E-state index in [0.29, 0.717) is 22.7 Å². The largest absolute Gasteiger partial charge is 0.506 e. The Hall–Kier alpha value is -2.56. The lowest BCUT2D eigenvalue weighted by Gasteiger charge is -2.11. The Bertz CT molecular complexity index is 506. The number of anilines is 4. The van der Waals surface area contributed by atoms with E-state index in [1.165, 1.54) is 12.1 Å². The lowest BCUT2D eigenvalue weighted by atomic mass is 10.2. The first-order chi connectivity index (χ1) is 8.06. The van der Waals surface area contributed by atoms with Gasteiger partial charge in [-0.3, -0.25) is 0 Å². The Morgan fingerprint density at radius 1 is 0.765 bits per heavy atom. The molecule has 5 heteroatoms. The minimum absolute atomic E-state index is 0.0426. The molecule has 0 atom stereocenters. The first-order valence-electron chi connectivity index (χ1n) is 5.00. The van der Waals surface area contributed by atoms with E-state index in [1.807, 2.05) is 0 Å². The van der Waals surface area contributed by atoms with Crippen LogP contribution in [0.25, 0.3) is 0 Å². The van der Waals surface area contributed by atoms with Crippen molar-refractivity contribution in [2.24, 2.45) is 0 Å². The zero-order valence-corrected chi connectivity index (χ0v) is 9.01. The van der Waals surface area contributed by atoms with Crippen LogP contribution in [0.4, 0.5) is 22.7 Å². The number of rotatable bonds is 2. The van der Waals surface area contributed by atoms with Gasteiger partial charge in [0.05, 0.1) is 11.4 Å². The Balaban J connectivity index is 2.37. The number of phenolic OH excluding ortho intramolecular Hbond substituents is 2. The fourth-order valence-corrected chi connectivity index (χ4v) is 1.45. The number of nitrogen functional groups attached to an aromatic ring is 2. The zero-order chi connectivity index (χ0) is 12.4. The number of nitrogens with two attached hydrogens (primary N) is 2. The monoisotopic (exact) mass is 231 g/mol. The summed E-state index contributed by atoms with van der Waals surface area (Å²) in [6.07, 6.45) is 0. The number of nitrogens with one attached hydrogen (secondary N) is 1. The summed E-state index contributed by atoms with van der Waals surface area (Å²) in [6.45, 7) is 0. The van der Waals surface area contributed by atoms with Crippen LogP contribution in [0.3, 0.4) is 0 Å². The van der Waals surface area contributed by atoms with E-state index in [2.05, 4.69) is 5.32 Å². The van der Waals surface area contributed by atoms with Gasteiger partial charge in [-0.2, -0.15) is 0 Å². The third kappa shape index (κ3) is 2.34. The van der Waals surface area contributed by atoms with Gasteiger partial charge in [0.25, 0.3) is 0 Å². The molecule has 0 bridgehead atoms. The quantitative estimate of drug-likeness (QED) is 0.309. The van der Waals surface area contributed by atoms with Crippen molar-refractivity contribution in [3.8, 4) is 11.5 Å². The molecular weight excluding hydrogens is 218 g/mol. The molecule has 0 saturated carbocycles. The minimum atomic E-state index is 0.0426. The van der Waals surface area contributed by atoms with E-state index >= 15 is 0 Å². The SMILES string of the molecule is Nc1ccc(O)c(Nc2cc(N)ccc2O)c1. The summed E-state index contributed by atoms with van der Waals surface area (Å²) in [4.78, 5) is 0. The molecule has 0 heterocycles. The predicted molar refractivity (Wildman–Crippen MR) is 68.3 cm³/mol. The van der Waals surface area contributed by atoms with Crippen LogP contribution in [0.5, 0.6) is 11.5 Å². The molecule has 88 valence electrons. The van der Waals surface area contributed by atoms with E-state index in [1.54, 1.807) is 24.3 Å². The summed E-state index contributed by atoms with van der Waals surface area (Å²) in [7, 11) is 0. The maximum Gasteiger partial charge on any atom is 0.139 e. The van der Waals surface area contributed by atoms with Crippen LogP contribution >= 0.6 is 0 Å². The second-order valence-corrected chi connectivity index (χ2v) is 3.68. The van der Waals surface area contributed by atoms with Gasteiger partial charge in [-0.05, 0) is 36.4 Å². The maximum atomic E-state index is 9.63. The standard InChI is InChI=1S/C12H13N3O2/c13-7-1-3-11(16)9(5-7)15-10-6-8(14)2-4-12(10)17/h1-6,15-17H,13-14H2. The van der Waals surface area contributed by atoms with Gasteiger partial charge in [-0.25, -0.2) is 0 Å². The Kier molecular flexibility index (Phi) is 2.66. The molecule has 0 aromatic heterocycles. The average molecular weight is 231 g/mol. The molecule has 0 unspecified atom stereocenters. The van der Waals surface area contributed by atoms with Gasteiger partial charge in [-0.15, -0.1) is 0 Å². The maximum absolute atomic E-state index is 9.63. The average Bonchev–Trinajstić information content (AvgIpc) is 2.28. The summed E-state index contributed by atoms with van der Waals surface area (Å²) in [5, 5.41) is 22.1. The molecule has 2 aromatic rings. The van der Waals surface area contributed by atoms with Crippen LogP contribution in [0.1, 0.15) is 0 Å². The van der Waals surface area contributed by atoms with Crippen LogP contribution in [-0.4, -0.2) is 10.2 Å². The normalized spacial score (nSPS) is 10.1. The highest BCUT2D eigenvalue weighted by atomic mass is 16.3. The van der Waals surface area contributed by atoms with Gasteiger partial charge in [0, 0.05) is 11.4 Å². The summed E-state index contributed by atoms with van der Waals surface area (Å²) in [6, 6.07) is 9.25. The van der Waals surface area contributed by atoms with Gasteiger partial charge in [0.15, 0.2) is 0 Å². The van der Waals surface area contributed by atoms with Gasteiger partial charge in [0.2, 0.25) is 0 Å². The Morgan fingerprint density at radius 2 is 1.18 bits per heavy atom. The molecule has 0 fully saturated rings. The molecule has 0 aliphatic rings. The van der Waals surface area contributed by atoms with Crippen molar-refractivity contribution in [1.29, 1.82) is 0 Å². The van der Waals surface area contributed by atoms with Crippen LogP contribution in [-0.2, 0) is 0 Å². The van der Waals surface area contributed by atoms with Crippen molar-refractivity contribution in [1.82, 2.24) is 0 Å². The molecule has 0 saturated heterocycles. The number of benzene rings is 2. The van der Waals surface area contributed by atoms with Crippen molar-refractivity contribution in [3.05, 3.63) is 36.4 Å². The number of hydrogen-bond acceptors (Lipinski definition) is 5. The fraction of sp³-hybridized carbons (Fsp3) is 0. The van der Waals surface area contributed by atoms with Gasteiger partial charge < -0.3 is 27.0 Å². The van der Waals surface area contributed by atoms with Crippen molar-refractivity contribution in [2.45, 2.75) is 0 Å². The van der Waals surface area contributed by atoms with Crippen molar-refractivity contribution < 1.29 is 10.2 Å². The second-order valence-electron chi connectivity index (χ2n) is 3.68. The van der Waals surface area contributed by atoms with Gasteiger partial charge >= 0.3 is 0 Å². The third-order valence-corrected chi connectivity index (χ3v) is 2.31. The first-order valence-corrected chi connectivity index (χ1v) is 5.00. The van der Waals surface area contributed by atoms with Crippen molar-refractivity contribution in [2.75, 3.05) is 16.8 Å². The summed E-state index contributed by atoms with van der Waals surface area (Å²) >= 11 is 0. The summed E-state index contributed by atoms with van der Waals surface area (Å²) in [5.41, 5.74) is 13.1. The molecule has 17 heavy (non-hydrogen) atoms. The van der Waals surface area contributed by atoms with Crippen LogP contribution in [0, 0.1) is 0 Å². The second kappa shape index (κ2) is 4.13. The number of aromatic hydroxyl groups is 2. The molecule has 0 aliphatic heterocycles. The van der Waals surface area contributed by atoms with Crippen LogP contribution < -0.4 is 16.8 Å². The molecule has 0 spiro atoms. The number of phenols is 2. The molecule has 7 N–H and O–H groups in total. The summed E-state index contributed by atoms with van der Waals surface area (Å²) < 4.78 is 0. The van der Waals surface area contributed by atoms with E-state index in [4.69, 9.17) is 11.5 Å². The lowest BCUT2D eigenvalue weighted by molar-refractivity contribution is 0.475. The Morgan fingerprint density at radius 3 is 1.59 bits per heavy atom. The van der Waals surface area contributed by atoms with E-state index in [9.17, 15) is 10.2 Å². The van der Waals surface area contributed by atoms with Gasteiger partial charge in [0.1, 0.15) is 11.5 Å². The molecule has 0 aliphatic carbocycles. The smallest absolute Gasteiger partial charge is 0.139 e. The van der Waals surface area contributed by atoms with Crippen molar-refractivity contribution >= 4 is 22.7 Å². The van der Waals surface area contributed by atoms with Crippen LogP contribution in [0.2, 0.25) is 0 Å². The van der Waals surface area contributed by atoms with E-state index in [-0.39, 0.29) is 11.5 Å². The molecule has 0 radical (unpaired) electrons. The van der Waals surface area contributed by atoms with Crippen molar-refractivity contribution in [3.63, 3.8) is 0 Å². The first kappa shape index (κ1) is 10.9.